The Morgan fingerprint density at radius 2 is 1.96 bits per heavy atom. The molecule has 0 fully saturated rings. The Morgan fingerprint density at radius 3 is 2.74 bits per heavy atom. The number of aryl methyl sites for hydroxylation is 2. The molecular weight excluding hydrogens is 314 g/mol. The van der Waals surface area contributed by atoms with Crippen LogP contribution in [0, 0.1) is 0 Å². The number of rotatable bonds is 2. The highest BCUT2D eigenvalue weighted by atomic mass is 35.5. The first-order chi connectivity index (χ1) is 10.7. The van der Waals surface area contributed by atoms with Gasteiger partial charge in [-0.05, 0) is 48.6 Å². The Morgan fingerprint density at radius 1 is 1.17 bits per heavy atom. The van der Waals surface area contributed by atoms with Crippen LogP contribution < -0.4 is 5.32 Å². The Balaban J connectivity index is 0.00000156. The molecule has 124 valence electrons. The maximum absolute atomic E-state index is 9.91. The monoisotopic (exact) mass is 335 g/mol. The van der Waals surface area contributed by atoms with Gasteiger partial charge in [-0.2, -0.15) is 0 Å². The van der Waals surface area contributed by atoms with Gasteiger partial charge in [0.05, 0.1) is 6.54 Å². The molecule has 1 aromatic heterocycles. The van der Waals surface area contributed by atoms with E-state index in [2.05, 4.69) is 18.3 Å². The quantitative estimate of drug-likeness (QED) is 0.733. The van der Waals surface area contributed by atoms with Crippen molar-refractivity contribution in [2.75, 3.05) is 0 Å². The fraction of sp³-hybridized carbons (Fsp3) is 0.444. The lowest BCUT2D eigenvalue weighted by Gasteiger charge is -2.37. The summed E-state index contributed by atoms with van der Waals surface area (Å²) in [7, 11) is 0. The molecule has 2 atom stereocenters. The summed E-state index contributed by atoms with van der Waals surface area (Å²) in [5.74, 6) is 2.20. The van der Waals surface area contributed by atoms with Crippen LogP contribution in [0.15, 0.2) is 22.6 Å². The molecule has 2 aromatic rings. The molecule has 1 aliphatic heterocycles. The summed E-state index contributed by atoms with van der Waals surface area (Å²) in [6, 6.07) is 6.00. The molecule has 4 rings (SSSR count). The lowest BCUT2D eigenvalue weighted by molar-refractivity contribution is 0.346. The molecule has 0 spiro atoms. The van der Waals surface area contributed by atoms with Gasteiger partial charge in [-0.15, -0.1) is 12.4 Å². The maximum atomic E-state index is 9.91. The lowest BCUT2D eigenvalue weighted by atomic mass is 9.74. The number of hydrogen-bond donors (Lipinski definition) is 3. The van der Waals surface area contributed by atoms with Crippen molar-refractivity contribution >= 4 is 12.4 Å². The van der Waals surface area contributed by atoms with Crippen molar-refractivity contribution in [1.29, 1.82) is 0 Å². The van der Waals surface area contributed by atoms with E-state index < -0.39 is 0 Å². The van der Waals surface area contributed by atoms with Crippen molar-refractivity contribution in [3.05, 3.63) is 46.4 Å². The van der Waals surface area contributed by atoms with Crippen LogP contribution in [0.4, 0.5) is 0 Å². The highest BCUT2D eigenvalue weighted by Gasteiger charge is 2.37. The van der Waals surface area contributed by atoms with Crippen LogP contribution in [0.2, 0.25) is 0 Å². The summed E-state index contributed by atoms with van der Waals surface area (Å²) in [6.07, 6.45) is 3.99. The fourth-order valence-corrected chi connectivity index (χ4v) is 3.94. The van der Waals surface area contributed by atoms with Crippen LogP contribution in [-0.4, -0.2) is 16.3 Å². The molecule has 0 amide bonds. The molecule has 23 heavy (non-hydrogen) atoms. The smallest absolute Gasteiger partial charge is 0.157 e. The van der Waals surface area contributed by atoms with Crippen molar-refractivity contribution in [2.45, 2.75) is 51.1 Å². The minimum atomic E-state index is -0.0381. The number of halogens is 1. The molecule has 5 heteroatoms. The molecule has 3 N–H and O–H groups in total. The number of furan rings is 1. The lowest BCUT2D eigenvalue weighted by Crippen LogP contribution is -2.42. The van der Waals surface area contributed by atoms with E-state index in [1.54, 1.807) is 12.1 Å². The maximum Gasteiger partial charge on any atom is 0.157 e. The first-order valence-electron chi connectivity index (χ1n) is 8.07. The molecule has 4 nitrogen and oxygen atoms in total. The summed E-state index contributed by atoms with van der Waals surface area (Å²) in [4.78, 5) is 0. The molecule has 0 radical (unpaired) electrons. The SMILES string of the molecule is CCCc1cc2c(o1)CN[C@H]1CCc3cc(O)c(O)cc3[C@H]21.Cl. The van der Waals surface area contributed by atoms with Crippen LogP contribution in [0.3, 0.4) is 0 Å². The van der Waals surface area contributed by atoms with Gasteiger partial charge in [0.25, 0.3) is 0 Å². The Bertz CT molecular complexity index is 725. The van der Waals surface area contributed by atoms with E-state index in [1.807, 2.05) is 0 Å². The third kappa shape index (κ3) is 2.60. The molecular formula is C18H22ClNO3. The average molecular weight is 336 g/mol. The van der Waals surface area contributed by atoms with Crippen molar-refractivity contribution < 1.29 is 14.6 Å². The highest BCUT2D eigenvalue weighted by Crippen LogP contribution is 2.45. The van der Waals surface area contributed by atoms with Crippen molar-refractivity contribution in [3.63, 3.8) is 0 Å². The second-order valence-electron chi connectivity index (χ2n) is 6.38. The number of phenols is 2. The zero-order valence-electron chi connectivity index (χ0n) is 13.1. The Hall–Kier alpha value is -1.65. The zero-order valence-corrected chi connectivity index (χ0v) is 13.9. The number of aromatic hydroxyl groups is 2. The largest absolute Gasteiger partial charge is 0.504 e. The van der Waals surface area contributed by atoms with Crippen LogP contribution in [0.25, 0.3) is 0 Å². The number of nitrogens with one attached hydrogen (secondary N) is 1. The van der Waals surface area contributed by atoms with E-state index in [0.29, 0.717) is 6.04 Å². The number of fused-ring (bicyclic) bond motifs is 5. The van der Waals surface area contributed by atoms with E-state index in [-0.39, 0.29) is 29.8 Å². The zero-order chi connectivity index (χ0) is 15.3. The number of phenolic OH excluding ortho intramolecular Hbond substituents is 2. The van der Waals surface area contributed by atoms with Crippen molar-refractivity contribution in [2.24, 2.45) is 0 Å². The van der Waals surface area contributed by atoms with Crippen molar-refractivity contribution in [3.8, 4) is 11.5 Å². The highest BCUT2D eigenvalue weighted by molar-refractivity contribution is 5.85. The molecule has 1 aromatic carbocycles. The van der Waals surface area contributed by atoms with E-state index in [9.17, 15) is 10.2 Å². The summed E-state index contributed by atoms with van der Waals surface area (Å²) in [5.41, 5.74) is 3.49. The van der Waals surface area contributed by atoms with Gasteiger partial charge in [-0.3, -0.25) is 0 Å². The van der Waals surface area contributed by atoms with E-state index in [4.69, 9.17) is 4.42 Å². The minimum Gasteiger partial charge on any atom is -0.504 e. The van der Waals surface area contributed by atoms with Gasteiger partial charge in [-0.25, -0.2) is 0 Å². The number of hydrogen-bond acceptors (Lipinski definition) is 4. The average Bonchev–Trinajstić information content (AvgIpc) is 2.91. The summed E-state index contributed by atoms with van der Waals surface area (Å²) >= 11 is 0. The normalized spacial score (nSPS) is 21.8. The van der Waals surface area contributed by atoms with Gasteiger partial charge in [0.2, 0.25) is 0 Å². The van der Waals surface area contributed by atoms with E-state index in [1.165, 1.54) is 5.56 Å². The van der Waals surface area contributed by atoms with Gasteiger partial charge in [0.15, 0.2) is 11.5 Å². The third-order valence-electron chi connectivity index (χ3n) is 4.95. The molecule has 2 heterocycles. The number of benzene rings is 1. The van der Waals surface area contributed by atoms with E-state index in [0.717, 1.165) is 54.9 Å². The molecule has 0 saturated heterocycles. The van der Waals surface area contributed by atoms with Crippen LogP contribution in [0.1, 0.15) is 53.9 Å². The molecule has 0 saturated carbocycles. The van der Waals surface area contributed by atoms with Crippen LogP contribution in [-0.2, 0) is 19.4 Å². The predicted molar refractivity (Wildman–Crippen MR) is 90.5 cm³/mol. The minimum absolute atomic E-state index is 0. The second kappa shape index (κ2) is 6.10. The van der Waals surface area contributed by atoms with Gasteiger partial charge in [-0.1, -0.05) is 6.92 Å². The predicted octanol–water partition coefficient (Wildman–Crippen LogP) is 3.62. The second-order valence-corrected chi connectivity index (χ2v) is 6.38. The van der Waals surface area contributed by atoms with Gasteiger partial charge in [0.1, 0.15) is 11.5 Å². The third-order valence-corrected chi connectivity index (χ3v) is 4.95. The summed E-state index contributed by atoms with van der Waals surface area (Å²) in [5, 5.41) is 23.2. The summed E-state index contributed by atoms with van der Waals surface area (Å²) < 4.78 is 5.99. The van der Waals surface area contributed by atoms with Gasteiger partial charge >= 0.3 is 0 Å². The molecule has 2 aliphatic rings. The topological polar surface area (TPSA) is 65.6 Å². The Kier molecular flexibility index (Phi) is 4.30. The molecule has 1 aliphatic carbocycles. The first-order valence-corrected chi connectivity index (χ1v) is 8.07. The molecule has 0 unspecified atom stereocenters. The van der Waals surface area contributed by atoms with E-state index >= 15 is 0 Å². The van der Waals surface area contributed by atoms with Crippen molar-refractivity contribution in [1.82, 2.24) is 5.32 Å². The standard InChI is InChI=1S/C18H21NO3.ClH/c1-2-3-11-7-13-17(22-11)9-19-14-5-4-10-6-15(20)16(21)8-12(10)18(13)14;/h6-8,14,18-21H,2-5,9H2,1H3;1H/t14-,18+;/m0./s1. The van der Waals surface area contributed by atoms with Crippen LogP contribution >= 0.6 is 12.4 Å². The van der Waals surface area contributed by atoms with Gasteiger partial charge in [0, 0.05) is 23.9 Å². The van der Waals surface area contributed by atoms with Crippen LogP contribution in [0.5, 0.6) is 11.5 Å². The molecule has 0 bridgehead atoms. The van der Waals surface area contributed by atoms with Gasteiger partial charge < -0.3 is 19.9 Å². The summed E-state index contributed by atoms with van der Waals surface area (Å²) in [6.45, 7) is 2.93. The Labute approximate surface area is 141 Å². The fourth-order valence-electron chi connectivity index (χ4n) is 3.94. The first kappa shape index (κ1) is 16.2.